The van der Waals surface area contributed by atoms with Gasteiger partial charge in [0.05, 0.1) is 6.10 Å². The van der Waals surface area contributed by atoms with Gasteiger partial charge in [-0.3, -0.25) is 4.79 Å². The number of carbonyl (C=O) groups excluding carboxylic acids is 2. The van der Waals surface area contributed by atoms with Crippen molar-refractivity contribution in [1.82, 2.24) is 4.90 Å². The molecule has 2 heterocycles. The Morgan fingerprint density at radius 1 is 1.36 bits per heavy atom. The van der Waals surface area contributed by atoms with E-state index in [-0.39, 0.29) is 18.1 Å². The van der Waals surface area contributed by atoms with Gasteiger partial charge >= 0.3 is 6.09 Å². The summed E-state index contributed by atoms with van der Waals surface area (Å²) in [5.41, 5.74) is 0.996. The number of nitrogens with zero attached hydrogens (tertiary/aromatic N) is 1. The van der Waals surface area contributed by atoms with E-state index in [4.69, 9.17) is 16.3 Å². The van der Waals surface area contributed by atoms with E-state index >= 15 is 0 Å². The van der Waals surface area contributed by atoms with Crippen LogP contribution >= 0.6 is 11.6 Å². The number of carbonyl (C=O) groups is 2. The molecule has 1 aromatic carbocycles. The topological polar surface area (TPSA) is 58.6 Å². The first kappa shape index (κ1) is 16.6. The molecule has 1 N–H and O–H groups in total. The van der Waals surface area contributed by atoms with Crippen molar-refractivity contribution in [2.45, 2.75) is 39.2 Å². The number of amides is 2. The lowest BCUT2D eigenvalue weighted by molar-refractivity contribution is -0.126. The van der Waals surface area contributed by atoms with Gasteiger partial charge in [0.1, 0.15) is 5.41 Å². The lowest BCUT2D eigenvalue weighted by Crippen LogP contribution is -2.64. The molecule has 0 atom stereocenters. The SMILES string of the molecule is CC.CC(C)OC(=O)N1CC2(C1)C(=O)Nc1cc(Cl)ccc12. The zero-order valence-corrected chi connectivity index (χ0v) is 14.0. The molecule has 0 unspecified atom stereocenters. The highest BCUT2D eigenvalue weighted by Gasteiger charge is 2.57. The first-order valence-electron chi connectivity index (χ1n) is 7.49. The zero-order valence-electron chi connectivity index (χ0n) is 13.3. The molecule has 2 aliphatic rings. The van der Waals surface area contributed by atoms with Crippen LogP contribution in [-0.4, -0.2) is 36.1 Å². The van der Waals surface area contributed by atoms with Crippen LogP contribution in [0.2, 0.25) is 5.02 Å². The predicted octanol–water partition coefficient (Wildman–Crippen LogP) is 3.42. The molecule has 22 heavy (non-hydrogen) atoms. The van der Waals surface area contributed by atoms with E-state index < -0.39 is 5.41 Å². The lowest BCUT2D eigenvalue weighted by Gasteiger charge is -2.45. The summed E-state index contributed by atoms with van der Waals surface area (Å²) in [6.45, 7) is 8.29. The van der Waals surface area contributed by atoms with Gasteiger partial charge in [-0.2, -0.15) is 0 Å². The Morgan fingerprint density at radius 2 is 2.00 bits per heavy atom. The maximum atomic E-state index is 12.2. The van der Waals surface area contributed by atoms with Crippen LogP contribution in [0.25, 0.3) is 0 Å². The number of benzene rings is 1. The van der Waals surface area contributed by atoms with E-state index in [0.29, 0.717) is 18.1 Å². The molecule has 0 saturated carbocycles. The van der Waals surface area contributed by atoms with Crippen LogP contribution in [0.15, 0.2) is 18.2 Å². The fourth-order valence-electron chi connectivity index (χ4n) is 2.73. The number of hydrogen-bond donors (Lipinski definition) is 1. The maximum Gasteiger partial charge on any atom is 0.410 e. The quantitative estimate of drug-likeness (QED) is 0.861. The van der Waals surface area contributed by atoms with E-state index in [1.165, 1.54) is 0 Å². The van der Waals surface area contributed by atoms with Crippen molar-refractivity contribution in [3.05, 3.63) is 28.8 Å². The third-order valence-corrected chi connectivity index (χ3v) is 3.93. The molecular formula is C16H21ClN2O3. The maximum absolute atomic E-state index is 12.2. The molecule has 6 heteroatoms. The second kappa shape index (κ2) is 6.16. The highest BCUT2D eigenvalue weighted by Crippen LogP contribution is 2.45. The highest BCUT2D eigenvalue weighted by molar-refractivity contribution is 6.31. The van der Waals surface area contributed by atoms with E-state index in [1.54, 1.807) is 30.9 Å². The van der Waals surface area contributed by atoms with Crippen molar-refractivity contribution in [2.24, 2.45) is 0 Å². The Bertz CT molecular complexity index is 595. The van der Waals surface area contributed by atoms with E-state index in [2.05, 4.69) is 5.32 Å². The van der Waals surface area contributed by atoms with Crippen molar-refractivity contribution in [3.63, 3.8) is 0 Å². The molecule has 2 amide bonds. The van der Waals surface area contributed by atoms with Crippen LogP contribution in [0, 0.1) is 0 Å². The largest absolute Gasteiger partial charge is 0.447 e. The molecule has 2 aliphatic heterocycles. The summed E-state index contributed by atoms with van der Waals surface area (Å²) in [6, 6.07) is 5.34. The van der Waals surface area contributed by atoms with Crippen molar-refractivity contribution < 1.29 is 14.3 Å². The fourth-order valence-corrected chi connectivity index (χ4v) is 2.90. The number of likely N-dealkylation sites (tertiary alicyclic amines) is 1. The minimum atomic E-state index is -0.643. The lowest BCUT2D eigenvalue weighted by atomic mass is 9.75. The summed E-state index contributed by atoms with van der Waals surface area (Å²) in [5, 5.41) is 3.41. The normalized spacial score (nSPS) is 17.4. The number of halogens is 1. The highest BCUT2D eigenvalue weighted by atomic mass is 35.5. The molecule has 1 spiro atoms. The van der Waals surface area contributed by atoms with Gasteiger partial charge < -0.3 is 15.0 Å². The standard InChI is InChI=1S/C14H15ClN2O3.C2H6/c1-8(2)20-13(19)17-6-14(7-17)10-4-3-9(15)5-11(10)16-12(14)18;1-2/h3-5,8H,6-7H2,1-2H3,(H,16,18);1-2H3. The van der Waals surface area contributed by atoms with Crippen LogP contribution in [-0.2, 0) is 14.9 Å². The Kier molecular flexibility index (Phi) is 4.66. The third-order valence-electron chi connectivity index (χ3n) is 3.70. The molecule has 1 fully saturated rings. The molecule has 0 bridgehead atoms. The van der Waals surface area contributed by atoms with Crippen LogP contribution in [0.1, 0.15) is 33.3 Å². The summed E-state index contributed by atoms with van der Waals surface area (Å²) in [6.07, 6.45) is -0.539. The second-order valence-electron chi connectivity index (χ2n) is 5.51. The van der Waals surface area contributed by atoms with Gasteiger partial charge in [-0.25, -0.2) is 4.79 Å². The van der Waals surface area contributed by atoms with Gasteiger partial charge in [0, 0.05) is 23.8 Å². The Morgan fingerprint density at radius 3 is 2.59 bits per heavy atom. The number of ether oxygens (including phenoxy) is 1. The van der Waals surface area contributed by atoms with Crippen molar-refractivity contribution in [2.75, 3.05) is 18.4 Å². The average molecular weight is 325 g/mol. The van der Waals surface area contributed by atoms with Gasteiger partial charge in [-0.05, 0) is 31.5 Å². The molecular weight excluding hydrogens is 304 g/mol. The van der Waals surface area contributed by atoms with Crippen LogP contribution < -0.4 is 5.32 Å². The molecule has 0 radical (unpaired) electrons. The molecule has 120 valence electrons. The minimum Gasteiger partial charge on any atom is -0.447 e. The number of hydrogen-bond acceptors (Lipinski definition) is 3. The number of anilines is 1. The monoisotopic (exact) mass is 324 g/mol. The Balaban J connectivity index is 0.000000847. The second-order valence-corrected chi connectivity index (χ2v) is 5.95. The van der Waals surface area contributed by atoms with Gasteiger partial charge in [0.25, 0.3) is 0 Å². The van der Waals surface area contributed by atoms with Crippen LogP contribution in [0.4, 0.5) is 10.5 Å². The van der Waals surface area contributed by atoms with Crippen molar-refractivity contribution in [3.8, 4) is 0 Å². The fraction of sp³-hybridized carbons (Fsp3) is 0.500. The summed E-state index contributed by atoms with van der Waals surface area (Å²) >= 11 is 5.93. The van der Waals surface area contributed by atoms with Crippen LogP contribution in [0.3, 0.4) is 0 Å². The van der Waals surface area contributed by atoms with E-state index in [0.717, 1.165) is 11.3 Å². The van der Waals surface area contributed by atoms with Crippen molar-refractivity contribution >= 4 is 29.3 Å². The van der Waals surface area contributed by atoms with Gasteiger partial charge in [-0.1, -0.05) is 31.5 Å². The zero-order chi connectivity index (χ0) is 16.5. The Labute approximate surface area is 135 Å². The third kappa shape index (κ3) is 2.65. The molecule has 1 saturated heterocycles. The first-order chi connectivity index (χ1) is 10.4. The minimum absolute atomic E-state index is 0.0802. The van der Waals surface area contributed by atoms with Gasteiger partial charge in [0.2, 0.25) is 5.91 Å². The van der Waals surface area contributed by atoms with Gasteiger partial charge in [0.15, 0.2) is 0 Å². The summed E-state index contributed by atoms with van der Waals surface area (Å²) in [7, 11) is 0. The molecule has 3 rings (SSSR count). The predicted molar refractivity (Wildman–Crippen MR) is 86.3 cm³/mol. The molecule has 0 aliphatic carbocycles. The summed E-state index contributed by atoms with van der Waals surface area (Å²) in [5.74, 6) is -0.0802. The van der Waals surface area contributed by atoms with Gasteiger partial charge in [-0.15, -0.1) is 0 Å². The molecule has 5 nitrogen and oxygen atoms in total. The Hall–Kier alpha value is -1.75. The van der Waals surface area contributed by atoms with Crippen LogP contribution in [0.5, 0.6) is 0 Å². The summed E-state index contributed by atoms with van der Waals surface area (Å²) in [4.78, 5) is 25.5. The molecule has 0 aromatic heterocycles. The summed E-state index contributed by atoms with van der Waals surface area (Å²) < 4.78 is 5.13. The average Bonchev–Trinajstić information content (AvgIpc) is 2.69. The number of nitrogens with one attached hydrogen (secondary N) is 1. The molecule has 1 aromatic rings. The number of fused-ring (bicyclic) bond motifs is 2. The first-order valence-corrected chi connectivity index (χ1v) is 7.87. The van der Waals surface area contributed by atoms with E-state index in [1.807, 2.05) is 19.9 Å². The van der Waals surface area contributed by atoms with Crippen molar-refractivity contribution in [1.29, 1.82) is 0 Å². The number of rotatable bonds is 1. The van der Waals surface area contributed by atoms with E-state index in [9.17, 15) is 9.59 Å². The smallest absolute Gasteiger partial charge is 0.410 e.